The summed E-state index contributed by atoms with van der Waals surface area (Å²) >= 11 is 0. The fourth-order valence-corrected chi connectivity index (χ4v) is 5.50. The maximum Gasteiger partial charge on any atom is 0.165 e. The van der Waals surface area contributed by atoms with Gasteiger partial charge < -0.3 is 19.5 Å². The molecule has 0 saturated carbocycles. The minimum atomic E-state index is -0.539. The van der Waals surface area contributed by atoms with Gasteiger partial charge in [0, 0.05) is 22.9 Å². The second-order valence-corrected chi connectivity index (χ2v) is 7.34. The first-order valence-corrected chi connectivity index (χ1v) is 8.69. The lowest BCUT2D eigenvalue weighted by molar-refractivity contribution is -0.0453. The van der Waals surface area contributed by atoms with Gasteiger partial charge in [-0.25, -0.2) is 0 Å². The number of aliphatic hydroxyl groups excluding tert-OH is 1. The summed E-state index contributed by atoms with van der Waals surface area (Å²) in [6, 6.07) is 4.75. The van der Waals surface area contributed by atoms with Gasteiger partial charge in [0.2, 0.25) is 0 Å². The van der Waals surface area contributed by atoms with Gasteiger partial charge in [-0.3, -0.25) is 0 Å². The smallest absolute Gasteiger partial charge is 0.165 e. The average Bonchev–Trinajstić information content (AvgIpc) is 2.90. The van der Waals surface area contributed by atoms with E-state index in [9.17, 15) is 5.11 Å². The molecule has 2 aliphatic carbocycles. The Bertz CT molecular complexity index is 700. The van der Waals surface area contributed by atoms with Crippen LogP contribution in [-0.2, 0) is 11.8 Å². The van der Waals surface area contributed by atoms with E-state index in [1.165, 1.54) is 11.1 Å². The summed E-state index contributed by atoms with van der Waals surface area (Å²) in [4.78, 5) is 2.48. The third kappa shape index (κ3) is 1.54. The van der Waals surface area contributed by atoms with Gasteiger partial charge in [0.15, 0.2) is 11.5 Å². The van der Waals surface area contributed by atoms with Gasteiger partial charge in [-0.15, -0.1) is 0 Å². The molecule has 1 fully saturated rings. The molecule has 4 nitrogen and oxygen atoms in total. The first-order chi connectivity index (χ1) is 11.2. The topological polar surface area (TPSA) is 41.9 Å². The van der Waals surface area contributed by atoms with Crippen LogP contribution in [0.5, 0.6) is 11.5 Å². The van der Waals surface area contributed by atoms with Crippen LogP contribution in [0.25, 0.3) is 0 Å². The van der Waals surface area contributed by atoms with E-state index in [1.807, 2.05) is 19.1 Å². The van der Waals surface area contributed by atoms with Crippen molar-refractivity contribution < 1.29 is 14.6 Å². The molecular weight excluding hydrogens is 290 g/mol. The molecule has 2 bridgehead atoms. The maximum atomic E-state index is 10.6. The van der Waals surface area contributed by atoms with Crippen molar-refractivity contribution in [3.63, 3.8) is 0 Å². The predicted molar refractivity (Wildman–Crippen MR) is 87.1 cm³/mol. The van der Waals surface area contributed by atoms with Gasteiger partial charge >= 0.3 is 0 Å². The SMILES string of the molecule is CCOc1ccc2c3c1OC1C(O)C=C[C@@H]4[C@@H](C2)N(C)CC[C@]314. The van der Waals surface area contributed by atoms with E-state index >= 15 is 0 Å². The van der Waals surface area contributed by atoms with Crippen LogP contribution < -0.4 is 9.47 Å². The van der Waals surface area contributed by atoms with Gasteiger partial charge in [0.05, 0.1) is 6.61 Å². The summed E-state index contributed by atoms with van der Waals surface area (Å²) < 4.78 is 12.2. The third-order valence-corrected chi connectivity index (χ3v) is 6.43. The molecule has 5 atom stereocenters. The van der Waals surface area contributed by atoms with Gasteiger partial charge in [-0.2, -0.15) is 0 Å². The zero-order valence-electron chi connectivity index (χ0n) is 13.7. The highest BCUT2D eigenvalue weighted by molar-refractivity contribution is 5.62. The van der Waals surface area contributed by atoms with Crippen molar-refractivity contribution in [1.29, 1.82) is 0 Å². The Morgan fingerprint density at radius 1 is 1.39 bits per heavy atom. The number of aliphatic hydroxyl groups is 1. The van der Waals surface area contributed by atoms with Crippen LogP contribution >= 0.6 is 0 Å². The van der Waals surface area contributed by atoms with Gasteiger partial charge in [0.1, 0.15) is 12.2 Å². The molecule has 1 N–H and O–H groups in total. The number of ether oxygens (including phenoxy) is 2. The molecule has 2 aliphatic heterocycles. The molecule has 0 amide bonds. The normalized spacial score (nSPS) is 39.8. The summed E-state index contributed by atoms with van der Waals surface area (Å²) in [5, 5.41) is 10.6. The lowest BCUT2D eigenvalue weighted by Crippen LogP contribution is -2.64. The van der Waals surface area contributed by atoms with E-state index < -0.39 is 6.10 Å². The molecule has 4 heteroatoms. The standard InChI is InChI=1S/C19H23NO3/c1-3-22-15-7-4-11-10-13-12-5-6-14(21)18-19(12,8-9-20(13)2)16(11)17(15)23-18/h4-7,12-14,18,21H,3,8-10H2,1-2H3/t12-,13-,14?,18?,19+/m1/s1. The van der Waals surface area contributed by atoms with E-state index in [0.717, 1.165) is 30.9 Å². The van der Waals surface area contributed by atoms with Crippen LogP contribution in [0.4, 0.5) is 0 Å². The number of rotatable bonds is 2. The molecule has 2 heterocycles. The van der Waals surface area contributed by atoms with Crippen LogP contribution in [0.1, 0.15) is 24.5 Å². The molecule has 1 aromatic rings. The fourth-order valence-electron chi connectivity index (χ4n) is 5.50. The van der Waals surface area contributed by atoms with Gasteiger partial charge in [-0.05, 0) is 45.0 Å². The molecule has 1 aromatic carbocycles. The monoisotopic (exact) mass is 313 g/mol. The highest BCUT2D eigenvalue weighted by Gasteiger charge is 2.64. The number of likely N-dealkylation sites (tertiary alicyclic amines) is 1. The van der Waals surface area contributed by atoms with Crippen LogP contribution in [0.3, 0.4) is 0 Å². The Labute approximate surface area is 136 Å². The van der Waals surface area contributed by atoms with E-state index in [4.69, 9.17) is 9.47 Å². The summed E-state index contributed by atoms with van der Waals surface area (Å²) in [6.45, 7) is 3.68. The molecular formula is C19H23NO3. The fraction of sp³-hybridized carbons (Fsp3) is 0.579. The van der Waals surface area contributed by atoms with Gasteiger partial charge in [0.25, 0.3) is 0 Å². The first kappa shape index (κ1) is 13.9. The van der Waals surface area contributed by atoms with Crippen LogP contribution in [-0.4, -0.2) is 48.5 Å². The number of likely N-dealkylation sites (N-methyl/N-ethyl adjacent to an activating group) is 1. The number of piperidine rings is 1. The molecule has 122 valence electrons. The van der Waals surface area contributed by atoms with E-state index in [0.29, 0.717) is 18.6 Å². The highest BCUT2D eigenvalue weighted by atomic mass is 16.5. The van der Waals surface area contributed by atoms with E-state index in [1.54, 1.807) is 0 Å². The average molecular weight is 313 g/mol. The Morgan fingerprint density at radius 3 is 3.09 bits per heavy atom. The third-order valence-electron chi connectivity index (χ3n) is 6.43. The number of benzene rings is 1. The molecule has 0 aromatic heterocycles. The molecule has 1 saturated heterocycles. The van der Waals surface area contributed by atoms with Crippen LogP contribution in [0, 0.1) is 5.92 Å². The van der Waals surface area contributed by atoms with Crippen LogP contribution in [0.15, 0.2) is 24.3 Å². The Balaban J connectivity index is 1.78. The molecule has 2 unspecified atom stereocenters. The maximum absolute atomic E-state index is 10.6. The zero-order valence-corrected chi connectivity index (χ0v) is 13.7. The largest absolute Gasteiger partial charge is 0.490 e. The molecule has 4 aliphatic rings. The lowest BCUT2D eigenvalue weighted by Gasteiger charge is -2.56. The van der Waals surface area contributed by atoms with Crippen molar-refractivity contribution in [1.82, 2.24) is 4.90 Å². The zero-order chi connectivity index (χ0) is 15.8. The minimum Gasteiger partial charge on any atom is -0.490 e. The number of hydrogen-bond acceptors (Lipinski definition) is 4. The van der Waals surface area contributed by atoms with Crippen molar-refractivity contribution in [2.45, 2.75) is 43.4 Å². The second kappa shape index (κ2) is 4.52. The van der Waals surface area contributed by atoms with E-state index in [-0.39, 0.29) is 11.5 Å². The Kier molecular flexibility index (Phi) is 2.73. The summed E-state index contributed by atoms with van der Waals surface area (Å²) in [6.07, 6.45) is 5.56. The van der Waals surface area contributed by atoms with Gasteiger partial charge in [-0.1, -0.05) is 18.2 Å². The molecule has 23 heavy (non-hydrogen) atoms. The molecule has 1 spiro atoms. The second-order valence-electron chi connectivity index (χ2n) is 7.34. The van der Waals surface area contributed by atoms with E-state index in [2.05, 4.69) is 24.1 Å². The quantitative estimate of drug-likeness (QED) is 0.847. The number of nitrogens with zero attached hydrogens (tertiary/aromatic N) is 1. The lowest BCUT2D eigenvalue weighted by atomic mass is 9.53. The van der Waals surface area contributed by atoms with Crippen molar-refractivity contribution in [3.05, 3.63) is 35.4 Å². The highest BCUT2D eigenvalue weighted by Crippen LogP contribution is 2.62. The summed E-state index contributed by atoms with van der Waals surface area (Å²) in [7, 11) is 2.22. The Morgan fingerprint density at radius 2 is 2.26 bits per heavy atom. The van der Waals surface area contributed by atoms with Crippen molar-refractivity contribution in [2.75, 3.05) is 20.2 Å². The Hall–Kier alpha value is -1.52. The summed E-state index contributed by atoms with van der Waals surface area (Å²) in [5.74, 6) is 2.14. The van der Waals surface area contributed by atoms with Crippen molar-refractivity contribution in [3.8, 4) is 11.5 Å². The number of hydrogen-bond donors (Lipinski definition) is 1. The van der Waals surface area contributed by atoms with Crippen molar-refractivity contribution >= 4 is 0 Å². The predicted octanol–water partition coefficient (Wildman–Crippen LogP) is 1.89. The van der Waals surface area contributed by atoms with Crippen molar-refractivity contribution in [2.24, 2.45) is 5.92 Å². The first-order valence-electron chi connectivity index (χ1n) is 8.69. The summed E-state index contributed by atoms with van der Waals surface area (Å²) in [5.41, 5.74) is 2.62. The minimum absolute atomic E-state index is 0.0820. The van der Waals surface area contributed by atoms with Crippen LogP contribution in [0.2, 0.25) is 0 Å². The molecule has 5 rings (SSSR count). The molecule has 0 radical (unpaired) electrons.